The summed E-state index contributed by atoms with van der Waals surface area (Å²) in [7, 11) is 0. The van der Waals surface area contributed by atoms with Gasteiger partial charge in [0.2, 0.25) is 17.7 Å². The lowest BCUT2D eigenvalue weighted by molar-refractivity contribution is -0.152. The molecule has 0 saturated carbocycles. The Kier molecular flexibility index (Phi) is 16.0. The minimum atomic E-state index is -0.491. The monoisotopic (exact) mass is 365 g/mol. The largest absolute Gasteiger partial charge is 0.274 e. The summed E-state index contributed by atoms with van der Waals surface area (Å²) in [6.07, 6.45) is 20.5. The standard InChI is InChI=1S/C22H39NO3/c1-4-5-6-7-8-9-10-11-12-13-14-15-16-17-18-19-22(26)23(20(2)24)21(3)25/h11-12H,4-10,13-19H2,1-3H3/b12-11-. The number of nitrogens with zero attached hydrogens (tertiary/aromatic N) is 1. The summed E-state index contributed by atoms with van der Waals surface area (Å²) < 4.78 is 0. The molecule has 3 amide bonds. The summed E-state index contributed by atoms with van der Waals surface area (Å²) in [6.45, 7) is 4.75. The highest BCUT2D eigenvalue weighted by molar-refractivity contribution is 6.09. The number of rotatable bonds is 15. The number of allylic oxidation sites excluding steroid dienone is 2. The van der Waals surface area contributed by atoms with E-state index < -0.39 is 11.8 Å². The summed E-state index contributed by atoms with van der Waals surface area (Å²) in [5, 5.41) is 0. The number of hydrogen-bond acceptors (Lipinski definition) is 3. The SMILES string of the molecule is CCCCCCCC/C=C\CCCCCCCC(=O)N(C(C)=O)C(C)=O. The Morgan fingerprint density at radius 3 is 1.54 bits per heavy atom. The zero-order valence-electron chi connectivity index (χ0n) is 17.2. The van der Waals surface area contributed by atoms with Crippen LogP contribution in [0.25, 0.3) is 0 Å². The average molecular weight is 366 g/mol. The molecule has 0 aliphatic carbocycles. The van der Waals surface area contributed by atoms with Crippen molar-refractivity contribution in [1.29, 1.82) is 0 Å². The van der Waals surface area contributed by atoms with Crippen LogP contribution in [0.4, 0.5) is 0 Å². The molecule has 0 radical (unpaired) electrons. The Morgan fingerprint density at radius 1 is 0.654 bits per heavy atom. The van der Waals surface area contributed by atoms with E-state index in [0.29, 0.717) is 0 Å². The van der Waals surface area contributed by atoms with Gasteiger partial charge in [-0.1, -0.05) is 70.4 Å². The van der Waals surface area contributed by atoms with Crippen LogP contribution in [0.15, 0.2) is 12.2 Å². The Bertz CT molecular complexity index is 415. The minimum Gasteiger partial charge on any atom is -0.274 e. The maximum atomic E-state index is 11.8. The summed E-state index contributed by atoms with van der Waals surface area (Å²) in [5.41, 5.74) is 0. The van der Waals surface area contributed by atoms with Gasteiger partial charge in [0.15, 0.2) is 0 Å². The molecule has 0 N–H and O–H groups in total. The van der Waals surface area contributed by atoms with Crippen molar-refractivity contribution in [1.82, 2.24) is 4.90 Å². The highest BCUT2D eigenvalue weighted by atomic mass is 16.2. The number of unbranched alkanes of at least 4 members (excludes halogenated alkanes) is 11. The second-order valence-electron chi connectivity index (χ2n) is 7.10. The predicted octanol–water partition coefficient (Wildman–Crippen LogP) is 5.95. The number of amides is 3. The molecule has 0 bridgehead atoms. The van der Waals surface area contributed by atoms with Crippen molar-refractivity contribution in [3.05, 3.63) is 12.2 Å². The number of carbonyl (C=O) groups is 3. The number of imide groups is 3. The van der Waals surface area contributed by atoms with Crippen LogP contribution < -0.4 is 0 Å². The van der Waals surface area contributed by atoms with Gasteiger partial charge in [0.1, 0.15) is 0 Å². The van der Waals surface area contributed by atoms with Crippen molar-refractivity contribution in [2.45, 2.75) is 111 Å². The van der Waals surface area contributed by atoms with E-state index in [1.165, 1.54) is 71.6 Å². The Labute approximate surface area is 160 Å². The van der Waals surface area contributed by atoms with Crippen molar-refractivity contribution in [2.75, 3.05) is 0 Å². The van der Waals surface area contributed by atoms with Gasteiger partial charge in [-0.25, -0.2) is 4.90 Å². The van der Waals surface area contributed by atoms with E-state index >= 15 is 0 Å². The van der Waals surface area contributed by atoms with Crippen molar-refractivity contribution in [2.24, 2.45) is 0 Å². The van der Waals surface area contributed by atoms with Gasteiger partial charge >= 0.3 is 0 Å². The molecule has 0 unspecified atom stereocenters. The van der Waals surface area contributed by atoms with E-state index in [-0.39, 0.29) is 12.3 Å². The predicted molar refractivity (Wildman–Crippen MR) is 108 cm³/mol. The number of hydrogen-bond donors (Lipinski definition) is 0. The third-order valence-corrected chi connectivity index (χ3v) is 4.53. The molecule has 150 valence electrons. The van der Waals surface area contributed by atoms with Crippen LogP contribution in [0.5, 0.6) is 0 Å². The van der Waals surface area contributed by atoms with Crippen LogP contribution in [0, 0.1) is 0 Å². The first-order chi connectivity index (χ1) is 12.5. The number of carbonyl (C=O) groups excluding carboxylic acids is 3. The molecule has 0 aliphatic heterocycles. The van der Waals surface area contributed by atoms with Gasteiger partial charge in [-0.2, -0.15) is 0 Å². The lowest BCUT2D eigenvalue weighted by Gasteiger charge is -2.14. The molecule has 0 aromatic carbocycles. The average Bonchev–Trinajstić information content (AvgIpc) is 2.57. The minimum absolute atomic E-state index is 0.275. The van der Waals surface area contributed by atoms with Gasteiger partial charge in [-0.3, -0.25) is 14.4 Å². The summed E-state index contributed by atoms with van der Waals surface area (Å²) in [5.74, 6) is -1.35. The van der Waals surface area contributed by atoms with Crippen LogP contribution in [0.2, 0.25) is 0 Å². The van der Waals surface area contributed by atoms with Gasteiger partial charge in [0.05, 0.1) is 0 Å². The zero-order chi connectivity index (χ0) is 19.6. The van der Waals surface area contributed by atoms with Crippen LogP contribution in [0.3, 0.4) is 0 Å². The lowest BCUT2D eigenvalue weighted by atomic mass is 10.1. The first kappa shape index (κ1) is 24.6. The fourth-order valence-corrected chi connectivity index (χ4v) is 3.03. The first-order valence-corrected chi connectivity index (χ1v) is 10.5. The molecule has 4 nitrogen and oxygen atoms in total. The normalized spacial score (nSPS) is 11.0. The molecular formula is C22H39NO3. The highest BCUT2D eigenvalue weighted by Crippen LogP contribution is 2.10. The summed E-state index contributed by atoms with van der Waals surface area (Å²) in [4.78, 5) is 35.1. The molecular weight excluding hydrogens is 326 g/mol. The summed E-state index contributed by atoms with van der Waals surface area (Å²) in [6, 6.07) is 0. The molecule has 4 heteroatoms. The molecule has 0 aliphatic rings. The van der Waals surface area contributed by atoms with Crippen LogP contribution >= 0.6 is 0 Å². The Balaban J connectivity index is 3.48. The third kappa shape index (κ3) is 13.8. The van der Waals surface area contributed by atoms with E-state index in [1.54, 1.807) is 0 Å². The molecule has 26 heavy (non-hydrogen) atoms. The van der Waals surface area contributed by atoms with Crippen LogP contribution in [0.1, 0.15) is 111 Å². The van der Waals surface area contributed by atoms with E-state index in [9.17, 15) is 14.4 Å². The van der Waals surface area contributed by atoms with Gasteiger partial charge in [-0.15, -0.1) is 0 Å². The molecule has 0 rings (SSSR count). The maximum Gasteiger partial charge on any atom is 0.236 e. The Hall–Kier alpha value is -1.45. The second-order valence-corrected chi connectivity index (χ2v) is 7.10. The first-order valence-electron chi connectivity index (χ1n) is 10.5. The van der Waals surface area contributed by atoms with Crippen LogP contribution in [-0.4, -0.2) is 22.6 Å². The third-order valence-electron chi connectivity index (χ3n) is 4.53. The molecule has 0 saturated heterocycles. The Morgan fingerprint density at radius 2 is 1.08 bits per heavy atom. The molecule has 0 aromatic heterocycles. The molecule has 0 fully saturated rings. The van der Waals surface area contributed by atoms with E-state index in [1.807, 2.05) is 0 Å². The van der Waals surface area contributed by atoms with Crippen molar-refractivity contribution in [3.8, 4) is 0 Å². The fourth-order valence-electron chi connectivity index (χ4n) is 3.03. The zero-order valence-corrected chi connectivity index (χ0v) is 17.2. The smallest absolute Gasteiger partial charge is 0.236 e. The topological polar surface area (TPSA) is 54.5 Å². The van der Waals surface area contributed by atoms with Crippen molar-refractivity contribution >= 4 is 17.7 Å². The van der Waals surface area contributed by atoms with Crippen LogP contribution in [-0.2, 0) is 14.4 Å². The van der Waals surface area contributed by atoms with Crippen molar-refractivity contribution in [3.63, 3.8) is 0 Å². The highest BCUT2D eigenvalue weighted by Gasteiger charge is 2.21. The van der Waals surface area contributed by atoms with Gasteiger partial charge in [-0.05, 0) is 32.1 Å². The maximum absolute atomic E-state index is 11.8. The van der Waals surface area contributed by atoms with E-state index in [4.69, 9.17) is 0 Å². The van der Waals surface area contributed by atoms with Gasteiger partial charge < -0.3 is 0 Å². The quantitative estimate of drug-likeness (QED) is 0.266. The fraction of sp³-hybridized carbons (Fsp3) is 0.773. The molecule has 0 spiro atoms. The van der Waals surface area contributed by atoms with Crippen molar-refractivity contribution < 1.29 is 14.4 Å². The van der Waals surface area contributed by atoms with Gasteiger partial charge in [0, 0.05) is 20.3 Å². The second kappa shape index (κ2) is 17.0. The van der Waals surface area contributed by atoms with E-state index in [0.717, 1.165) is 30.6 Å². The lowest BCUT2D eigenvalue weighted by Crippen LogP contribution is -2.38. The molecule has 0 heterocycles. The van der Waals surface area contributed by atoms with Gasteiger partial charge in [0.25, 0.3) is 0 Å². The van der Waals surface area contributed by atoms with E-state index in [2.05, 4.69) is 19.1 Å². The summed E-state index contributed by atoms with van der Waals surface area (Å²) >= 11 is 0. The molecule has 0 atom stereocenters. The molecule has 0 aromatic rings.